The van der Waals surface area contributed by atoms with Crippen LogP contribution in [0.1, 0.15) is 23.1 Å². The number of allylic oxidation sites excluding steroid dienone is 1. The highest BCUT2D eigenvalue weighted by molar-refractivity contribution is 7.94. The van der Waals surface area contributed by atoms with Crippen molar-refractivity contribution >= 4 is 15.7 Å². The van der Waals surface area contributed by atoms with E-state index in [4.69, 9.17) is 0 Å². The molecule has 124 valence electrons. The Morgan fingerprint density at radius 2 is 2.04 bits per heavy atom. The van der Waals surface area contributed by atoms with Gasteiger partial charge in [-0.1, -0.05) is 24.3 Å². The molecule has 0 saturated heterocycles. The zero-order valence-corrected chi connectivity index (χ0v) is 14.3. The van der Waals surface area contributed by atoms with Crippen LogP contribution in [0.5, 0.6) is 0 Å². The number of hydrogen-bond acceptors (Lipinski definition) is 4. The summed E-state index contributed by atoms with van der Waals surface area (Å²) in [5.41, 5.74) is 3.80. The van der Waals surface area contributed by atoms with Crippen LogP contribution in [0.25, 0.3) is 0 Å². The van der Waals surface area contributed by atoms with Gasteiger partial charge in [0.05, 0.1) is 5.75 Å². The number of carbonyl (C=O) groups excluding carboxylic acids is 1. The predicted molar refractivity (Wildman–Crippen MR) is 89.1 cm³/mol. The Balaban J connectivity index is 1.59. The third-order valence-corrected chi connectivity index (χ3v) is 5.90. The first-order valence-corrected chi connectivity index (χ1v) is 9.48. The van der Waals surface area contributed by atoms with Crippen LogP contribution >= 0.6 is 0 Å². The van der Waals surface area contributed by atoms with E-state index in [0.29, 0.717) is 6.54 Å². The highest BCUT2D eigenvalue weighted by Gasteiger charge is 2.25. The van der Waals surface area contributed by atoms with Gasteiger partial charge in [-0.25, -0.2) is 8.42 Å². The maximum atomic E-state index is 12.3. The Kier molecular flexibility index (Phi) is 4.29. The molecule has 0 fully saturated rings. The smallest absolute Gasteiger partial charge is 0.223 e. The normalized spacial score (nSPS) is 22.3. The molecule has 6 heteroatoms. The van der Waals surface area contributed by atoms with Crippen LogP contribution in [-0.4, -0.2) is 44.0 Å². The number of nitrogens with zero attached hydrogens (tertiary/aromatic N) is 2. The van der Waals surface area contributed by atoms with Crippen molar-refractivity contribution in [1.29, 1.82) is 0 Å². The molecule has 0 aromatic heterocycles. The van der Waals surface area contributed by atoms with Crippen LogP contribution < -0.4 is 0 Å². The molecule has 3 rings (SSSR count). The van der Waals surface area contributed by atoms with E-state index in [1.165, 1.54) is 16.5 Å². The number of sulfone groups is 1. The lowest BCUT2D eigenvalue weighted by atomic mass is 10.1. The van der Waals surface area contributed by atoms with Crippen LogP contribution in [-0.2, 0) is 34.3 Å². The summed E-state index contributed by atoms with van der Waals surface area (Å²) in [7, 11) is 0.775. The Bertz CT molecular complexity index is 755. The highest BCUT2D eigenvalue weighted by atomic mass is 32.2. The van der Waals surface area contributed by atoms with Gasteiger partial charge in [0, 0.05) is 44.4 Å². The van der Waals surface area contributed by atoms with E-state index in [2.05, 4.69) is 30.1 Å². The summed E-state index contributed by atoms with van der Waals surface area (Å²) in [6.45, 7) is 2.48. The van der Waals surface area contributed by atoms with Crippen LogP contribution in [0.4, 0.5) is 0 Å². The van der Waals surface area contributed by atoms with E-state index in [0.717, 1.165) is 18.7 Å². The van der Waals surface area contributed by atoms with Crippen LogP contribution in [0.15, 0.2) is 29.7 Å². The Morgan fingerprint density at radius 3 is 2.74 bits per heavy atom. The largest absolute Gasteiger partial charge is 0.341 e. The van der Waals surface area contributed by atoms with Crippen molar-refractivity contribution in [3.05, 3.63) is 46.4 Å². The summed E-state index contributed by atoms with van der Waals surface area (Å²) in [6.07, 6.45) is 1.88. The van der Waals surface area contributed by atoms with Gasteiger partial charge in [0.1, 0.15) is 0 Å². The molecule has 0 saturated carbocycles. The summed E-state index contributed by atoms with van der Waals surface area (Å²) in [5.74, 6) is -0.157. The first kappa shape index (κ1) is 16.2. The molecule has 1 aromatic rings. The minimum Gasteiger partial charge on any atom is -0.341 e. The van der Waals surface area contributed by atoms with Gasteiger partial charge in [0.25, 0.3) is 0 Å². The maximum absolute atomic E-state index is 12.3. The van der Waals surface area contributed by atoms with Gasteiger partial charge >= 0.3 is 0 Å². The topological polar surface area (TPSA) is 57.7 Å². The first-order valence-electron chi connectivity index (χ1n) is 7.76. The molecule has 2 heterocycles. The number of fused-ring (bicyclic) bond motifs is 1. The molecular formula is C17H22N2O3S. The molecule has 2 aliphatic rings. The molecular weight excluding hydrogens is 312 g/mol. The molecule has 23 heavy (non-hydrogen) atoms. The van der Waals surface area contributed by atoms with Gasteiger partial charge in [-0.05, 0) is 23.7 Å². The lowest BCUT2D eigenvalue weighted by Gasteiger charge is -2.19. The van der Waals surface area contributed by atoms with Gasteiger partial charge in [0.2, 0.25) is 5.91 Å². The van der Waals surface area contributed by atoms with E-state index >= 15 is 0 Å². The fourth-order valence-corrected chi connectivity index (χ4v) is 4.62. The van der Waals surface area contributed by atoms with E-state index in [9.17, 15) is 13.2 Å². The van der Waals surface area contributed by atoms with E-state index in [-0.39, 0.29) is 24.0 Å². The van der Waals surface area contributed by atoms with Gasteiger partial charge in [-0.15, -0.1) is 0 Å². The van der Waals surface area contributed by atoms with Crippen molar-refractivity contribution in [2.75, 3.05) is 19.8 Å². The molecule has 0 aliphatic carbocycles. The second kappa shape index (κ2) is 6.09. The zero-order valence-electron chi connectivity index (χ0n) is 13.5. The number of benzene rings is 1. The first-order chi connectivity index (χ1) is 10.8. The number of carbonyl (C=O) groups is 1. The Morgan fingerprint density at radius 1 is 1.30 bits per heavy atom. The summed E-state index contributed by atoms with van der Waals surface area (Å²) in [5, 5.41) is 1.22. The second-order valence-corrected chi connectivity index (χ2v) is 8.58. The van der Waals surface area contributed by atoms with Crippen LogP contribution in [0, 0.1) is 5.92 Å². The van der Waals surface area contributed by atoms with Crippen molar-refractivity contribution in [3.63, 3.8) is 0 Å². The maximum Gasteiger partial charge on any atom is 0.223 e. The number of hydrogen-bond donors (Lipinski definition) is 0. The fraction of sp³-hybridized carbons (Fsp3) is 0.471. The van der Waals surface area contributed by atoms with E-state index in [1.54, 1.807) is 18.0 Å². The zero-order chi connectivity index (χ0) is 16.6. The van der Waals surface area contributed by atoms with Crippen molar-refractivity contribution in [2.45, 2.75) is 26.1 Å². The van der Waals surface area contributed by atoms with Gasteiger partial charge < -0.3 is 4.90 Å². The van der Waals surface area contributed by atoms with E-state index in [1.807, 2.05) is 0 Å². The molecule has 1 aromatic carbocycles. The standard InChI is InChI=1S/C17H22N2O3S/c1-18-10-15-4-3-13(7-16(15)11-18)9-19(2)17(20)8-14-5-6-23(21,22)12-14/h3-7,14H,8-12H2,1-2H3/t14-/m0/s1. The lowest BCUT2D eigenvalue weighted by Crippen LogP contribution is -2.28. The predicted octanol–water partition coefficient (Wildman–Crippen LogP) is 1.54. The number of rotatable bonds is 4. The third kappa shape index (κ3) is 3.82. The minimum absolute atomic E-state index is 0.0191. The van der Waals surface area contributed by atoms with Crippen molar-refractivity contribution in [3.8, 4) is 0 Å². The molecule has 0 spiro atoms. The van der Waals surface area contributed by atoms with Gasteiger partial charge in [-0.3, -0.25) is 9.69 Å². The molecule has 0 unspecified atom stereocenters. The molecule has 0 N–H and O–H groups in total. The van der Waals surface area contributed by atoms with Gasteiger partial charge in [-0.2, -0.15) is 0 Å². The third-order valence-electron chi connectivity index (χ3n) is 4.44. The SMILES string of the molecule is CN1Cc2ccc(CN(C)C(=O)C[C@@H]3C=CS(=O)(=O)C3)cc2C1. The Labute approximate surface area is 137 Å². The molecule has 1 amide bonds. The molecule has 1 atom stereocenters. The Hall–Kier alpha value is -1.66. The molecule has 0 bridgehead atoms. The summed E-state index contributed by atoms with van der Waals surface area (Å²) in [4.78, 5) is 16.2. The average Bonchev–Trinajstić information content (AvgIpc) is 2.99. The summed E-state index contributed by atoms with van der Waals surface area (Å²) < 4.78 is 22.8. The van der Waals surface area contributed by atoms with Crippen LogP contribution in [0.3, 0.4) is 0 Å². The molecule has 2 aliphatic heterocycles. The average molecular weight is 334 g/mol. The van der Waals surface area contributed by atoms with Crippen molar-refractivity contribution < 1.29 is 13.2 Å². The summed E-state index contributed by atoms with van der Waals surface area (Å²) in [6, 6.07) is 6.38. The quantitative estimate of drug-likeness (QED) is 0.838. The highest BCUT2D eigenvalue weighted by Crippen LogP contribution is 2.23. The minimum atomic E-state index is -3.09. The summed E-state index contributed by atoms with van der Waals surface area (Å²) >= 11 is 0. The lowest BCUT2D eigenvalue weighted by molar-refractivity contribution is -0.130. The van der Waals surface area contributed by atoms with Crippen molar-refractivity contribution in [2.24, 2.45) is 5.92 Å². The second-order valence-electron chi connectivity index (χ2n) is 6.65. The van der Waals surface area contributed by atoms with Crippen molar-refractivity contribution in [1.82, 2.24) is 9.80 Å². The molecule has 5 nitrogen and oxygen atoms in total. The fourth-order valence-electron chi connectivity index (χ4n) is 3.23. The van der Waals surface area contributed by atoms with E-state index < -0.39 is 9.84 Å². The van der Waals surface area contributed by atoms with Gasteiger partial charge in [0.15, 0.2) is 9.84 Å². The molecule has 0 radical (unpaired) electrons. The van der Waals surface area contributed by atoms with Crippen LogP contribution in [0.2, 0.25) is 0 Å². The number of amides is 1. The monoisotopic (exact) mass is 334 g/mol.